The Morgan fingerprint density at radius 2 is 1.71 bits per heavy atom. The van der Waals surface area contributed by atoms with E-state index >= 15 is 0 Å². The van der Waals surface area contributed by atoms with Gasteiger partial charge >= 0.3 is 11.4 Å². The summed E-state index contributed by atoms with van der Waals surface area (Å²) >= 11 is 0. The van der Waals surface area contributed by atoms with Crippen LogP contribution in [-0.2, 0) is 0 Å². The Balaban J connectivity index is 2.95. The van der Waals surface area contributed by atoms with Gasteiger partial charge in [-0.2, -0.15) is 0 Å². The van der Waals surface area contributed by atoms with Crippen LogP contribution < -0.4 is 19.1 Å². The summed E-state index contributed by atoms with van der Waals surface area (Å²) in [6.45, 7) is 0. The maximum atomic E-state index is 11.8. The quantitative estimate of drug-likeness (QED) is 0.481. The molecule has 0 atom stereocenters. The van der Waals surface area contributed by atoms with Crippen molar-refractivity contribution >= 4 is 10.9 Å². The Kier molecular flexibility index (Phi) is 2.58. The molecule has 2 aromatic rings. The fraction of sp³-hybridized carbons (Fsp3) is 0.300. The third-order valence-electron chi connectivity index (χ3n) is 2.49. The number of methoxy groups -OCH3 is 3. The zero-order valence-corrected chi connectivity index (χ0v) is 9.63. The molecule has 0 amide bonds. The zero-order chi connectivity index (χ0) is 12.6. The van der Waals surface area contributed by atoms with Gasteiger partial charge in [0.25, 0.3) is 0 Å². The van der Waals surface area contributed by atoms with Gasteiger partial charge in [-0.3, -0.25) is 0 Å². The number of aromatic nitrogens is 2. The molecule has 1 heterocycles. The lowest BCUT2D eigenvalue weighted by Gasteiger charge is -2.03. The average molecular weight is 240 g/mol. The Labute approximate surface area is 96.9 Å². The topological polar surface area (TPSA) is 79.8 Å². The highest BCUT2D eigenvalue weighted by Crippen LogP contribution is 2.37. The molecule has 0 bridgehead atoms. The number of rotatable bonds is 3. The molecule has 0 fully saturated rings. The van der Waals surface area contributed by atoms with Crippen molar-refractivity contribution < 1.29 is 24.3 Å². The molecule has 1 N–H and O–H groups in total. The van der Waals surface area contributed by atoms with Gasteiger partial charge in [0.15, 0.2) is 11.1 Å². The lowest BCUT2D eigenvalue weighted by molar-refractivity contribution is -0.703. The standard InChI is InChI=1S/C10H12N2O5/c1-15-6-4-5-7(16-2)9-8(6)10(17-3)12(14)11(9)13/h4-5,14H,1-3H3. The second kappa shape index (κ2) is 3.93. The molecule has 1 aromatic carbocycles. The molecule has 7 heteroatoms. The van der Waals surface area contributed by atoms with E-state index in [2.05, 4.69) is 0 Å². The molecule has 0 saturated carbocycles. The second-order valence-corrected chi connectivity index (χ2v) is 3.27. The molecule has 2 rings (SSSR count). The van der Waals surface area contributed by atoms with Crippen molar-refractivity contribution in [2.75, 3.05) is 21.3 Å². The first-order chi connectivity index (χ1) is 8.15. The molecule has 92 valence electrons. The number of fused-ring (bicyclic) bond motifs is 1. The van der Waals surface area contributed by atoms with Crippen molar-refractivity contribution in [2.45, 2.75) is 0 Å². The van der Waals surface area contributed by atoms with Crippen molar-refractivity contribution in [1.82, 2.24) is 4.85 Å². The van der Waals surface area contributed by atoms with Gasteiger partial charge in [-0.05, 0) is 17.0 Å². The summed E-state index contributed by atoms with van der Waals surface area (Å²) in [7, 11) is 4.24. The molecule has 7 nitrogen and oxygen atoms in total. The summed E-state index contributed by atoms with van der Waals surface area (Å²) in [5, 5.41) is 21.7. The molecule has 0 radical (unpaired) electrons. The van der Waals surface area contributed by atoms with E-state index in [-0.39, 0.29) is 16.2 Å². The van der Waals surface area contributed by atoms with Crippen molar-refractivity contribution in [3.63, 3.8) is 0 Å². The molecule has 1 aromatic heterocycles. The van der Waals surface area contributed by atoms with Crippen LogP contribution in [0.15, 0.2) is 12.1 Å². The third-order valence-corrected chi connectivity index (χ3v) is 2.49. The predicted octanol–water partition coefficient (Wildman–Crippen LogP) is 0.538. The minimum Gasteiger partial charge on any atom is -0.593 e. The maximum absolute atomic E-state index is 11.8. The summed E-state index contributed by atoms with van der Waals surface area (Å²) in [5.74, 6) is 0.725. The van der Waals surface area contributed by atoms with E-state index < -0.39 is 0 Å². The van der Waals surface area contributed by atoms with Crippen molar-refractivity contribution in [3.8, 4) is 17.4 Å². The molecule has 0 aliphatic heterocycles. The Morgan fingerprint density at radius 3 is 2.24 bits per heavy atom. The van der Waals surface area contributed by atoms with Crippen molar-refractivity contribution in [2.24, 2.45) is 0 Å². The summed E-state index contributed by atoms with van der Waals surface area (Å²) in [6, 6.07) is 3.21. The first-order valence-corrected chi connectivity index (χ1v) is 4.78. The summed E-state index contributed by atoms with van der Waals surface area (Å²) < 4.78 is 15.2. The van der Waals surface area contributed by atoms with Crippen LogP contribution in [0.25, 0.3) is 10.9 Å². The van der Waals surface area contributed by atoms with Gasteiger partial charge in [0, 0.05) is 0 Å². The Bertz CT molecular complexity index is 564. The van der Waals surface area contributed by atoms with Gasteiger partial charge in [0.1, 0.15) is 5.75 Å². The smallest absolute Gasteiger partial charge is 0.311 e. The summed E-state index contributed by atoms with van der Waals surface area (Å²) in [4.78, 5) is 0.630. The number of hydrogen-bond acceptors (Lipinski definition) is 5. The Morgan fingerprint density at radius 1 is 1.12 bits per heavy atom. The van der Waals surface area contributed by atoms with E-state index in [4.69, 9.17) is 14.2 Å². The number of ether oxygens (including phenoxy) is 3. The first kappa shape index (κ1) is 11.2. The zero-order valence-electron chi connectivity index (χ0n) is 9.63. The van der Waals surface area contributed by atoms with Gasteiger partial charge in [-0.25, -0.2) is 0 Å². The van der Waals surface area contributed by atoms with Crippen molar-refractivity contribution in [1.29, 1.82) is 0 Å². The van der Waals surface area contributed by atoms with Crippen LogP contribution >= 0.6 is 0 Å². The maximum Gasteiger partial charge on any atom is 0.311 e. The molecular weight excluding hydrogens is 228 g/mol. The van der Waals surface area contributed by atoms with Crippen LogP contribution in [0.5, 0.6) is 17.4 Å². The van der Waals surface area contributed by atoms with E-state index in [1.165, 1.54) is 21.3 Å². The number of nitrogens with zero attached hydrogens (tertiary/aromatic N) is 2. The molecule has 0 aliphatic carbocycles. The Hall–Kier alpha value is -2.31. The lowest BCUT2D eigenvalue weighted by Crippen LogP contribution is -2.36. The lowest BCUT2D eigenvalue weighted by atomic mass is 10.2. The van der Waals surface area contributed by atoms with Crippen molar-refractivity contribution in [3.05, 3.63) is 17.3 Å². The van der Waals surface area contributed by atoms with Crippen LogP contribution in [0.1, 0.15) is 0 Å². The van der Waals surface area contributed by atoms with Crippen LogP contribution in [0.3, 0.4) is 0 Å². The predicted molar refractivity (Wildman–Crippen MR) is 57.7 cm³/mol. The SMILES string of the molecule is COc1ccc(OC)c2c1c(OC)n(O)[n+]2[O-]. The normalized spacial score (nSPS) is 10.5. The van der Waals surface area contributed by atoms with Gasteiger partial charge in [-0.15, -0.1) is 0 Å². The van der Waals surface area contributed by atoms with Gasteiger partial charge in [-0.1, -0.05) is 0 Å². The van der Waals surface area contributed by atoms with Gasteiger partial charge in [0.05, 0.1) is 26.2 Å². The summed E-state index contributed by atoms with van der Waals surface area (Å²) in [5.41, 5.74) is 0.145. The largest absolute Gasteiger partial charge is 0.593 e. The second-order valence-electron chi connectivity index (χ2n) is 3.27. The van der Waals surface area contributed by atoms with Crippen LogP contribution in [0.4, 0.5) is 0 Å². The van der Waals surface area contributed by atoms with Gasteiger partial charge in [0.2, 0.25) is 0 Å². The van der Waals surface area contributed by atoms with E-state index in [0.717, 1.165) is 0 Å². The van der Waals surface area contributed by atoms with Crippen LogP contribution in [-0.4, -0.2) is 31.4 Å². The molecule has 0 aliphatic rings. The fourth-order valence-corrected chi connectivity index (χ4v) is 1.75. The number of hydrogen-bond donors (Lipinski definition) is 1. The highest BCUT2D eigenvalue weighted by molar-refractivity contribution is 5.92. The molecule has 0 saturated heterocycles. The van der Waals surface area contributed by atoms with Gasteiger partial charge < -0.3 is 24.6 Å². The minimum atomic E-state index is -0.00856. The van der Waals surface area contributed by atoms with E-state index in [0.29, 0.717) is 21.7 Å². The molecule has 17 heavy (non-hydrogen) atoms. The molecule has 0 unspecified atom stereocenters. The van der Waals surface area contributed by atoms with Crippen LogP contribution in [0, 0.1) is 5.21 Å². The monoisotopic (exact) mass is 240 g/mol. The van der Waals surface area contributed by atoms with E-state index in [1.807, 2.05) is 0 Å². The highest BCUT2D eigenvalue weighted by atomic mass is 16.6. The number of benzene rings is 1. The fourth-order valence-electron chi connectivity index (χ4n) is 1.75. The van der Waals surface area contributed by atoms with E-state index in [1.54, 1.807) is 12.1 Å². The third kappa shape index (κ3) is 1.39. The molecule has 0 spiro atoms. The van der Waals surface area contributed by atoms with Crippen LogP contribution in [0.2, 0.25) is 0 Å². The summed E-state index contributed by atoms with van der Waals surface area (Å²) in [6.07, 6.45) is 0. The van der Waals surface area contributed by atoms with E-state index in [9.17, 15) is 10.4 Å². The minimum absolute atomic E-state index is 0.00856. The highest BCUT2D eigenvalue weighted by Gasteiger charge is 2.28. The average Bonchev–Trinajstić information content (AvgIpc) is 2.61. The first-order valence-electron chi connectivity index (χ1n) is 4.78. The molecular formula is C10H12N2O5.